The van der Waals surface area contributed by atoms with Gasteiger partial charge in [0.2, 0.25) is 0 Å². The molecule has 6 nitrogen and oxygen atoms in total. The lowest BCUT2D eigenvalue weighted by atomic mass is 10.1. The number of anilines is 2. The van der Waals surface area contributed by atoms with Crippen LogP contribution in [0.25, 0.3) is 10.9 Å². The van der Waals surface area contributed by atoms with E-state index in [1.807, 2.05) is 44.2 Å². The Balaban J connectivity index is 0.00000124. The highest BCUT2D eigenvalue weighted by Crippen LogP contribution is 2.28. The molecule has 0 spiro atoms. The van der Waals surface area contributed by atoms with E-state index in [4.69, 9.17) is 0 Å². The van der Waals surface area contributed by atoms with Gasteiger partial charge in [-0.25, -0.2) is 9.18 Å². The van der Waals surface area contributed by atoms with Crippen molar-refractivity contribution in [3.8, 4) is 0 Å². The third kappa shape index (κ3) is 4.63. The highest BCUT2D eigenvalue weighted by Gasteiger charge is 2.15. The Labute approximate surface area is 174 Å². The van der Waals surface area contributed by atoms with Gasteiger partial charge in [-0.1, -0.05) is 44.2 Å². The number of fused-ring (bicyclic) bond motifs is 1. The molecule has 2 aromatic heterocycles. The Morgan fingerprint density at radius 3 is 2.63 bits per heavy atom. The number of nitrogens with one attached hydrogen (secondary N) is 1. The summed E-state index contributed by atoms with van der Waals surface area (Å²) in [7, 11) is 0. The van der Waals surface area contributed by atoms with Crippen molar-refractivity contribution in [2.24, 2.45) is 0 Å². The van der Waals surface area contributed by atoms with Crippen LogP contribution in [0, 0.1) is 5.82 Å². The molecule has 4 aromatic rings. The van der Waals surface area contributed by atoms with E-state index in [-0.39, 0.29) is 11.4 Å². The van der Waals surface area contributed by atoms with E-state index in [9.17, 15) is 14.3 Å². The third-order valence-corrected chi connectivity index (χ3v) is 4.47. The molecule has 2 aromatic carbocycles. The molecule has 0 saturated carbocycles. The van der Waals surface area contributed by atoms with Crippen LogP contribution in [0.15, 0.2) is 67.0 Å². The molecule has 2 N–H and O–H groups in total. The van der Waals surface area contributed by atoms with Gasteiger partial charge in [0.1, 0.15) is 5.82 Å². The minimum atomic E-state index is -1.08. The summed E-state index contributed by atoms with van der Waals surface area (Å²) in [5, 5.41) is 17.5. The van der Waals surface area contributed by atoms with Gasteiger partial charge < -0.3 is 10.4 Å². The zero-order chi connectivity index (χ0) is 21.5. The quantitative estimate of drug-likeness (QED) is 0.455. The number of aryl methyl sites for hydroxylation is 2. The summed E-state index contributed by atoms with van der Waals surface area (Å²) < 4.78 is 15.6. The van der Waals surface area contributed by atoms with Crippen LogP contribution in [0.2, 0.25) is 0 Å². The minimum Gasteiger partial charge on any atom is -0.478 e. The number of hydrogen-bond acceptors (Lipinski definition) is 4. The lowest BCUT2D eigenvalue weighted by molar-refractivity contribution is 0.0698. The van der Waals surface area contributed by atoms with Crippen LogP contribution in [0.3, 0.4) is 0 Å². The Morgan fingerprint density at radius 2 is 1.90 bits per heavy atom. The third-order valence-electron chi connectivity index (χ3n) is 4.47. The van der Waals surface area contributed by atoms with Crippen LogP contribution in [0.1, 0.15) is 29.8 Å². The molecule has 0 saturated heterocycles. The van der Waals surface area contributed by atoms with Crippen LogP contribution in [0.4, 0.5) is 15.9 Å². The average Bonchev–Trinajstić information content (AvgIpc) is 3.11. The monoisotopic (exact) mass is 406 g/mol. The van der Waals surface area contributed by atoms with E-state index in [2.05, 4.69) is 15.4 Å². The highest BCUT2D eigenvalue weighted by atomic mass is 19.1. The molecular weight excluding hydrogens is 383 g/mol. The number of carboxylic acids is 1. The molecule has 0 atom stereocenters. The van der Waals surface area contributed by atoms with Gasteiger partial charge in [0.05, 0.1) is 23.0 Å². The van der Waals surface area contributed by atoms with Gasteiger partial charge in [-0.2, -0.15) is 5.10 Å². The van der Waals surface area contributed by atoms with E-state index < -0.39 is 5.97 Å². The number of halogens is 1. The van der Waals surface area contributed by atoms with Crippen LogP contribution < -0.4 is 5.32 Å². The molecule has 0 unspecified atom stereocenters. The summed E-state index contributed by atoms with van der Waals surface area (Å²) in [6, 6.07) is 15.9. The van der Waals surface area contributed by atoms with E-state index in [1.54, 1.807) is 10.7 Å². The van der Waals surface area contributed by atoms with Gasteiger partial charge in [0.25, 0.3) is 0 Å². The fourth-order valence-corrected chi connectivity index (χ4v) is 3.10. The van der Waals surface area contributed by atoms with Crippen molar-refractivity contribution in [2.45, 2.75) is 26.8 Å². The second kappa shape index (κ2) is 9.65. The summed E-state index contributed by atoms with van der Waals surface area (Å²) in [6.45, 7) is 4.60. The number of aromatic carboxylic acids is 1. The van der Waals surface area contributed by atoms with E-state index in [0.29, 0.717) is 23.4 Å². The Kier molecular flexibility index (Phi) is 6.75. The first-order valence-corrected chi connectivity index (χ1v) is 9.76. The summed E-state index contributed by atoms with van der Waals surface area (Å²) in [4.78, 5) is 15.4. The number of rotatable bonds is 6. The zero-order valence-corrected chi connectivity index (χ0v) is 16.8. The normalized spacial score (nSPS) is 10.4. The second-order valence-corrected chi connectivity index (χ2v) is 6.32. The number of aromatic nitrogens is 3. The summed E-state index contributed by atoms with van der Waals surface area (Å²) >= 11 is 0. The van der Waals surface area contributed by atoms with Gasteiger partial charge in [0.15, 0.2) is 5.82 Å². The van der Waals surface area contributed by atoms with Crippen molar-refractivity contribution < 1.29 is 14.3 Å². The van der Waals surface area contributed by atoms with E-state index >= 15 is 0 Å². The first-order valence-electron chi connectivity index (χ1n) is 9.76. The van der Waals surface area contributed by atoms with Crippen molar-refractivity contribution >= 4 is 28.4 Å². The standard InChI is InChI=1S/C21H17FN4O2.C2H6/c22-15-6-7-19-17(12-15)20(24-18-13-23-10-8-16(18)21(27)28)25-26(19)11-9-14-4-2-1-3-5-14;1-2/h1-8,10,12-13H,9,11H2,(H,24,25)(H,27,28);1-2H3. The SMILES string of the molecule is CC.O=C(O)c1ccncc1Nc1nn(CCc2ccccc2)c2ccc(F)cc12. The Bertz CT molecular complexity index is 1140. The number of pyridine rings is 1. The van der Waals surface area contributed by atoms with E-state index in [0.717, 1.165) is 11.9 Å². The number of carbonyl (C=O) groups is 1. The first-order chi connectivity index (χ1) is 14.6. The fourth-order valence-electron chi connectivity index (χ4n) is 3.10. The molecule has 0 aliphatic carbocycles. The highest BCUT2D eigenvalue weighted by molar-refractivity contribution is 5.97. The van der Waals surface area contributed by atoms with Gasteiger partial charge >= 0.3 is 5.97 Å². The minimum absolute atomic E-state index is 0.0680. The van der Waals surface area contributed by atoms with Gasteiger partial charge in [-0.3, -0.25) is 9.67 Å². The predicted molar refractivity (Wildman–Crippen MR) is 116 cm³/mol. The lowest BCUT2D eigenvalue weighted by Gasteiger charge is -2.06. The van der Waals surface area contributed by atoms with Crippen molar-refractivity contribution in [2.75, 3.05) is 5.32 Å². The van der Waals surface area contributed by atoms with Crippen molar-refractivity contribution in [1.82, 2.24) is 14.8 Å². The van der Waals surface area contributed by atoms with E-state index in [1.165, 1.54) is 36.2 Å². The average molecular weight is 406 g/mol. The maximum Gasteiger partial charge on any atom is 0.337 e. The largest absolute Gasteiger partial charge is 0.478 e. The molecule has 154 valence electrons. The summed E-state index contributed by atoms with van der Waals surface area (Å²) in [5.41, 5.74) is 2.30. The molecule has 0 aliphatic heterocycles. The first kappa shape index (κ1) is 21.0. The molecule has 0 aliphatic rings. The number of hydrogen-bond donors (Lipinski definition) is 2. The van der Waals surface area contributed by atoms with Crippen LogP contribution >= 0.6 is 0 Å². The summed E-state index contributed by atoms with van der Waals surface area (Å²) in [6.07, 6.45) is 3.59. The maximum atomic E-state index is 13.9. The maximum absolute atomic E-state index is 13.9. The van der Waals surface area contributed by atoms with Gasteiger partial charge in [-0.05, 0) is 36.2 Å². The molecule has 2 heterocycles. The molecule has 30 heavy (non-hydrogen) atoms. The van der Waals surface area contributed by atoms with Crippen molar-refractivity contribution in [3.63, 3.8) is 0 Å². The Hall–Kier alpha value is -3.74. The molecule has 4 rings (SSSR count). The lowest BCUT2D eigenvalue weighted by Crippen LogP contribution is -2.05. The van der Waals surface area contributed by atoms with Gasteiger partial charge in [-0.15, -0.1) is 0 Å². The topological polar surface area (TPSA) is 80.0 Å². The Morgan fingerprint density at radius 1 is 1.13 bits per heavy atom. The van der Waals surface area contributed by atoms with Crippen LogP contribution in [-0.4, -0.2) is 25.8 Å². The number of benzene rings is 2. The second-order valence-electron chi connectivity index (χ2n) is 6.32. The molecule has 0 bridgehead atoms. The van der Waals surface area contributed by atoms with Crippen LogP contribution in [-0.2, 0) is 13.0 Å². The fraction of sp³-hybridized carbons (Fsp3) is 0.174. The molecule has 7 heteroatoms. The number of carboxylic acid groups (broad SMARTS) is 1. The molecule has 0 amide bonds. The zero-order valence-electron chi connectivity index (χ0n) is 16.8. The predicted octanol–water partition coefficient (Wildman–Crippen LogP) is 5.28. The molecule has 0 fully saturated rings. The molecular formula is C23H23FN4O2. The summed E-state index contributed by atoms with van der Waals surface area (Å²) in [5.74, 6) is -1.08. The molecule has 0 radical (unpaired) electrons. The van der Waals surface area contributed by atoms with Crippen molar-refractivity contribution in [3.05, 3.63) is 83.9 Å². The van der Waals surface area contributed by atoms with Crippen LogP contribution in [0.5, 0.6) is 0 Å². The number of nitrogens with zero attached hydrogens (tertiary/aromatic N) is 3. The van der Waals surface area contributed by atoms with Gasteiger partial charge in [0, 0.05) is 18.1 Å². The smallest absolute Gasteiger partial charge is 0.337 e. The van der Waals surface area contributed by atoms with Crippen molar-refractivity contribution in [1.29, 1.82) is 0 Å².